The van der Waals surface area contributed by atoms with Gasteiger partial charge in [-0.15, -0.1) is 12.3 Å². The first-order chi connectivity index (χ1) is 8.72. The molecule has 18 heavy (non-hydrogen) atoms. The van der Waals surface area contributed by atoms with Crippen LogP contribution in [-0.2, 0) is 11.2 Å². The molecule has 2 aromatic rings. The van der Waals surface area contributed by atoms with Crippen LogP contribution in [-0.4, -0.2) is 11.8 Å². The molecule has 0 heterocycles. The average Bonchev–Trinajstić information content (AvgIpc) is 2.39. The monoisotopic (exact) mass is 237 g/mol. The van der Waals surface area contributed by atoms with Crippen molar-refractivity contribution in [3.63, 3.8) is 0 Å². The summed E-state index contributed by atoms with van der Waals surface area (Å²) in [5.74, 6) is 2.42. The first kappa shape index (κ1) is 12.3. The number of nitrogens with two attached hydrogens (primary N) is 1. The number of carbonyl (C=O) groups is 1. The van der Waals surface area contributed by atoms with Crippen LogP contribution in [0.2, 0.25) is 0 Å². The van der Waals surface area contributed by atoms with Crippen LogP contribution in [0.1, 0.15) is 12.0 Å². The van der Waals surface area contributed by atoms with Crippen LogP contribution < -0.4 is 5.73 Å². The van der Waals surface area contributed by atoms with Gasteiger partial charge in [0.25, 0.3) is 0 Å². The third-order valence-corrected chi connectivity index (χ3v) is 3.00. The third-order valence-electron chi connectivity index (χ3n) is 3.00. The van der Waals surface area contributed by atoms with Gasteiger partial charge < -0.3 is 5.73 Å². The largest absolute Gasteiger partial charge is 0.321 e. The van der Waals surface area contributed by atoms with E-state index in [9.17, 15) is 4.79 Å². The van der Waals surface area contributed by atoms with Crippen molar-refractivity contribution in [3.8, 4) is 12.3 Å². The van der Waals surface area contributed by atoms with Gasteiger partial charge in [-0.3, -0.25) is 4.79 Å². The molecule has 0 spiro atoms. The van der Waals surface area contributed by atoms with Gasteiger partial charge in [0.05, 0.1) is 6.04 Å². The highest BCUT2D eigenvalue weighted by molar-refractivity contribution is 5.92. The summed E-state index contributed by atoms with van der Waals surface area (Å²) in [6, 6.07) is 13.4. The van der Waals surface area contributed by atoms with Gasteiger partial charge in [0, 0.05) is 12.8 Å². The van der Waals surface area contributed by atoms with Gasteiger partial charge in [-0.1, -0.05) is 42.5 Å². The second-order valence-electron chi connectivity index (χ2n) is 4.30. The summed E-state index contributed by atoms with van der Waals surface area (Å²) >= 11 is 0. The minimum atomic E-state index is -0.561. The van der Waals surface area contributed by atoms with Crippen LogP contribution in [0.4, 0.5) is 0 Å². The molecule has 2 nitrogen and oxygen atoms in total. The smallest absolute Gasteiger partial charge is 0.154 e. The molecule has 0 aromatic heterocycles. The number of fused-ring (bicyclic) bond motifs is 1. The first-order valence-electron chi connectivity index (χ1n) is 5.91. The molecule has 0 saturated carbocycles. The van der Waals surface area contributed by atoms with Crippen molar-refractivity contribution in [2.45, 2.75) is 18.9 Å². The Morgan fingerprint density at radius 2 is 1.94 bits per heavy atom. The zero-order valence-corrected chi connectivity index (χ0v) is 10.1. The third kappa shape index (κ3) is 2.58. The Morgan fingerprint density at radius 1 is 1.22 bits per heavy atom. The molecule has 0 bridgehead atoms. The highest BCUT2D eigenvalue weighted by Gasteiger charge is 2.13. The minimum Gasteiger partial charge on any atom is -0.321 e. The van der Waals surface area contributed by atoms with Gasteiger partial charge in [-0.2, -0.15) is 0 Å². The number of benzene rings is 2. The fraction of sp³-hybridized carbons (Fsp3) is 0.188. The Morgan fingerprint density at radius 3 is 2.72 bits per heavy atom. The molecule has 0 aliphatic carbocycles. The molecule has 0 saturated heterocycles. The quantitative estimate of drug-likeness (QED) is 0.829. The lowest BCUT2D eigenvalue weighted by molar-refractivity contribution is -0.119. The lowest BCUT2D eigenvalue weighted by Gasteiger charge is -2.09. The summed E-state index contributed by atoms with van der Waals surface area (Å²) in [6.45, 7) is 0. The van der Waals surface area contributed by atoms with Crippen molar-refractivity contribution in [1.82, 2.24) is 0 Å². The number of Topliss-reactive ketones (excluding diaryl/α,β-unsaturated/α-hetero) is 1. The van der Waals surface area contributed by atoms with E-state index in [0.717, 1.165) is 16.3 Å². The van der Waals surface area contributed by atoms with Crippen LogP contribution in [0, 0.1) is 12.3 Å². The van der Waals surface area contributed by atoms with Gasteiger partial charge >= 0.3 is 0 Å². The minimum absolute atomic E-state index is 0.00990. The van der Waals surface area contributed by atoms with Crippen molar-refractivity contribution < 1.29 is 4.79 Å². The van der Waals surface area contributed by atoms with Crippen LogP contribution in [0.5, 0.6) is 0 Å². The molecule has 2 aromatic carbocycles. The fourth-order valence-electron chi connectivity index (χ4n) is 2.01. The van der Waals surface area contributed by atoms with Gasteiger partial charge in [-0.05, 0) is 16.3 Å². The van der Waals surface area contributed by atoms with Crippen molar-refractivity contribution in [2.24, 2.45) is 5.73 Å². The maximum Gasteiger partial charge on any atom is 0.154 e. The molecule has 2 rings (SSSR count). The summed E-state index contributed by atoms with van der Waals surface area (Å²) in [5, 5.41) is 2.23. The normalized spacial score (nSPS) is 12.0. The first-order valence-corrected chi connectivity index (χ1v) is 5.91. The molecule has 0 fully saturated rings. The average molecular weight is 237 g/mol. The second kappa shape index (κ2) is 5.48. The molecule has 2 heteroatoms. The SMILES string of the molecule is C#CCC(N)C(=O)Cc1cccc2ccccc12. The van der Waals surface area contributed by atoms with E-state index in [1.165, 1.54) is 0 Å². The molecule has 0 aliphatic heterocycles. The molecule has 90 valence electrons. The highest BCUT2D eigenvalue weighted by atomic mass is 16.1. The van der Waals surface area contributed by atoms with Crippen molar-refractivity contribution in [3.05, 3.63) is 48.0 Å². The lowest BCUT2D eigenvalue weighted by atomic mass is 9.97. The molecule has 0 aliphatic rings. The standard InChI is InChI=1S/C16H15NO/c1-2-6-15(17)16(18)11-13-9-5-8-12-7-3-4-10-14(12)13/h1,3-5,7-10,15H,6,11,17H2. The van der Waals surface area contributed by atoms with Crippen LogP contribution in [0.15, 0.2) is 42.5 Å². The molecule has 2 N–H and O–H groups in total. The number of hydrogen-bond donors (Lipinski definition) is 1. The molecule has 1 unspecified atom stereocenters. The molecular formula is C16H15NO. The van der Waals surface area contributed by atoms with Crippen molar-refractivity contribution >= 4 is 16.6 Å². The van der Waals surface area contributed by atoms with E-state index in [4.69, 9.17) is 12.2 Å². The summed E-state index contributed by atoms with van der Waals surface area (Å²) < 4.78 is 0. The van der Waals surface area contributed by atoms with Crippen LogP contribution >= 0.6 is 0 Å². The maximum absolute atomic E-state index is 11.9. The van der Waals surface area contributed by atoms with Crippen molar-refractivity contribution in [1.29, 1.82) is 0 Å². The second-order valence-corrected chi connectivity index (χ2v) is 4.30. The number of carbonyl (C=O) groups excluding carboxylic acids is 1. The summed E-state index contributed by atoms with van der Waals surface area (Å²) in [7, 11) is 0. The van der Waals surface area contributed by atoms with Gasteiger partial charge in [0.2, 0.25) is 0 Å². The number of ketones is 1. The maximum atomic E-state index is 11.9. The van der Waals surface area contributed by atoms with Gasteiger partial charge in [0.15, 0.2) is 5.78 Å². The zero-order chi connectivity index (χ0) is 13.0. The summed E-state index contributed by atoms with van der Waals surface area (Å²) in [5.41, 5.74) is 6.73. The number of rotatable bonds is 4. The van der Waals surface area contributed by atoms with Gasteiger partial charge in [-0.25, -0.2) is 0 Å². The zero-order valence-electron chi connectivity index (χ0n) is 10.1. The van der Waals surface area contributed by atoms with E-state index in [1.54, 1.807) is 0 Å². The Kier molecular flexibility index (Phi) is 3.76. The van der Waals surface area contributed by atoms with E-state index < -0.39 is 6.04 Å². The topological polar surface area (TPSA) is 43.1 Å². The molecular weight excluding hydrogens is 222 g/mol. The van der Waals surface area contributed by atoms with E-state index in [2.05, 4.69) is 5.92 Å². The molecule has 0 radical (unpaired) electrons. The van der Waals surface area contributed by atoms with E-state index in [-0.39, 0.29) is 5.78 Å². The summed E-state index contributed by atoms with van der Waals surface area (Å²) in [6.07, 6.45) is 5.80. The predicted octanol–water partition coefficient (Wildman–Crippen LogP) is 2.30. The Bertz CT molecular complexity index is 605. The Hall–Kier alpha value is -2.11. The molecule has 0 amide bonds. The number of terminal acetylenes is 1. The van der Waals surface area contributed by atoms with Crippen LogP contribution in [0.3, 0.4) is 0 Å². The van der Waals surface area contributed by atoms with E-state index in [0.29, 0.717) is 12.8 Å². The predicted molar refractivity (Wildman–Crippen MR) is 74.1 cm³/mol. The number of hydrogen-bond acceptors (Lipinski definition) is 2. The van der Waals surface area contributed by atoms with E-state index >= 15 is 0 Å². The van der Waals surface area contributed by atoms with Crippen LogP contribution in [0.25, 0.3) is 10.8 Å². The highest BCUT2D eigenvalue weighted by Crippen LogP contribution is 2.19. The Balaban J connectivity index is 2.27. The van der Waals surface area contributed by atoms with E-state index in [1.807, 2.05) is 42.5 Å². The molecule has 1 atom stereocenters. The van der Waals surface area contributed by atoms with Gasteiger partial charge in [0.1, 0.15) is 0 Å². The summed E-state index contributed by atoms with van der Waals surface area (Å²) in [4.78, 5) is 11.9. The Labute approximate surface area is 107 Å². The fourth-order valence-corrected chi connectivity index (χ4v) is 2.01. The lowest BCUT2D eigenvalue weighted by Crippen LogP contribution is -2.31. The van der Waals surface area contributed by atoms with Crippen molar-refractivity contribution in [2.75, 3.05) is 0 Å².